The highest BCUT2D eigenvalue weighted by Gasteiger charge is 2.25. The Hall–Kier alpha value is -2.88. The number of hydrogen-bond donors (Lipinski definition) is 0. The van der Waals surface area contributed by atoms with Gasteiger partial charge in [-0.2, -0.15) is 5.10 Å². The number of benzene rings is 2. The molecule has 0 aliphatic carbocycles. The minimum Gasteiger partial charge on any atom is -0.312 e. The van der Waals surface area contributed by atoms with Crippen LogP contribution in [-0.2, 0) is 24.7 Å². The summed E-state index contributed by atoms with van der Waals surface area (Å²) >= 11 is 0. The van der Waals surface area contributed by atoms with Crippen molar-refractivity contribution in [2.45, 2.75) is 26.7 Å². The first-order chi connectivity index (χ1) is 12.5. The molecule has 0 saturated heterocycles. The summed E-state index contributed by atoms with van der Waals surface area (Å²) in [5.41, 5.74) is 7.91. The minimum atomic E-state index is 0.169. The van der Waals surface area contributed by atoms with Crippen LogP contribution in [0.25, 0.3) is 11.3 Å². The highest BCUT2D eigenvalue weighted by molar-refractivity contribution is 5.97. The molecule has 4 heteroatoms. The molecule has 0 atom stereocenters. The predicted molar refractivity (Wildman–Crippen MR) is 104 cm³/mol. The second kappa shape index (κ2) is 6.45. The molecular weight excluding hydrogens is 322 g/mol. The van der Waals surface area contributed by atoms with Crippen molar-refractivity contribution < 1.29 is 4.79 Å². The molecule has 3 aromatic rings. The number of fused-ring (bicyclic) bond motifs is 1. The first-order valence-electron chi connectivity index (χ1n) is 9.01. The lowest BCUT2D eigenvalue weighted by molar-refractivity contribution is -0.117. The normalized spacial score (nSPS) is 13.1. The highest BCUT2D eigenvalue weighted by atomic mass is 16.2. The lowest BCUT2D eigenvalue weighted by atomic mass is 10.0. The molecule has 1 amide bonds. The molecule has 2 heterocycles. The fourth-order valence-corrected chi connectivity index (χ4v) is 3.65. The summed E-state index contributed by atoms with van der Waals surface area (Å²) in [5, 5.41) is 4.47. The zero-order valence-electron chi connectivity index (χ0n) is 15.5. The van der Waals surface area contributed by atoms with Crippen molar-refractivity contribution in [2.75, 3.05) is 11.4 Å². The zero-order chi connectivity index (χ0) is 18.3. The largest absolute Gasteiger partial charge is 0.312 e. The van der Waals surface area contributed by atoms with Gasteiger partial charge < -0.3 is 4.90 Å². The number of amides is 1. The third-order valence-corrected chi connectivity index (χ3v) is 5.34. The van der Waals surface area contributed by atoms with Crippen molar-refractivity contribution in [1.82, 2.24) is 9.78 Å². The second-order valence-electron chi connectivity index (χ2n) is 7.05. The fraction of sp³-hybridized carbons (Fsp3) is 0.273. The number of carbonyl (C=O) groups is 1. The Morgan fingerprint density at radius 3 is 2.77 bits per heavy atom. The Balaban J connectivity index is 1.57. The maximum atomic E-state index is 12.9. The maximum absolute atomic E-state index is 12.9. The number of aryl methyl sites for hydroxylation is 2. The van der Waals surface area contributed by atoms with Crippen molar-refractivity contribution in [1.29, 1.82) is 0 Å². The third-order valence-electron chi connectivity index (χ3n) is 5.34. The van der Waals surface area contributed by atoms with E-state index in [-0.39, 0.29) is 5.91 Å². The lowest BCUT2D eigenvalue weighted by Crippen LogP contribution is -2.30. The zero-order valence-corrected chi connectivity index (χ0v) is 15.5. The molecule has 4 nitrogen and oxygen atoms in total. The van der Waals surface area contributed by atoms with Gasteiger partial charge >= 0.3 is 0 Å². The number of aromatic nitrogens is 2. The summed E-state index contributed by atoms with van der Waals surface area (Å²) in [5.74, 6) is 0.169. The maximum Gasteiger partial charge on any atom is 0.231 e. The van der Waals surface area contributed by atoms with Crippen LogP contribution < -0.4 is 4.90 Å². The van der Waals surface area contributed by atoms with Gasteiger partial charge in [-0.15, -0.1) is 0 Å². The molecule has 1 aliphatic heterocycles. The average molecular weight is 345 g/mol. The van der Waals surface area contributed by atoms with Crippen LogP contribution in [0.4, 0.5) is 5.69 Å². The number of nitrogens with zero attached hydrogens (tertiary/aromatic N) is 3. The van der Waals surface area contributed by atoms with E-state index in [1.165, 1.54) is 16.7 Å². The molecule has 132 valence electrons. The standard InChI is InChI=1S/C22H23N3O/c1-15-5-4-6-17(16(15)2)14-22(26)25-12-9-19-13-18(7-8-21(19)25)20-10-11-24(3)23-20/h4-8,10-11,13H,9,12,14H2,1-3H3. The first kappa shape index (κ1) is 16.6. The monoisotopic (exact) mass is 345 g/mol. The van der Waals surface area contributed by atoms with E-state index in [1.807, 2.05) is 35.0 Å². The van der Waals surface area contributed by atoms with E-state index in [0.717, 1.165) is 35.5 Å². The Bertz CT molecular complexity index is 987. The quantitative estimate of drug-likeness (QED) is 0.723. The molecule has 26 heavy (non-hydrogen) atoms. The molecule has 0 radical (unpaired) electrons. The van der Waals surface area contributed by atoms with E-state index < -0.39 is 0 Å². The fourth-order valence-electron chi connectivity index (χ4n) is 3.65. The van der Waals surface area contributed by atoms with Gasteiger partial charge in [-0.1, -0.05) is 24.3 Å². The minimum absolute atomic E-state index is 0.169. The summed E-state index contributed by atoms with van der Waals surface area (Å²) in [7, 11) is 1.92. The molecule has 0 fully saturated rings. The van der Waals surface area contributed by atoms with Gasteiger partial charge in [-0.3, -0.25) is 9.48 Å². The van der Waals surface area contributed by atoms with Crippen LogP contribution >= 0.6 is 0 Å². The predicted octanol–water partition coefficient (Wildman–Crippen LogP) is 3.84. The van der Waals surface area contributed by atoms with Crippen LogP contribution in [-0.4, -0.2) is 22.2 Å². The SMILES string of the molecule is Cc1cccc(CC(=O)N2CCc3cc(-c4ccn(C)n4)ccc32)c1C. The van der Waals surface area contributed by atoms with Gasteiger partial charge in [0.05, 0.1) is 12.1 Å². The third kappa shape index (κ3) is 2.92. The van der Waals surface area contributed by atoms with Gasteiger partial charge in [0, 0.05) is 31.0 Å². The van der Waals surface area contributed by atoms with Gasteiger partial charge in [0.15, 0.2) is 0 Å². The van der Waals surface area contributed by atoms with Crippen molar-refractivity contribution in [3.63, 3.8) is 0 Å². The van der Waals surface area contributed by atoms with Crippen LogP contribution in [0.15, 0.2) is 48.7 Å². The molecular formula is C22H23N3O. The summed E-state index contributed by atoms with van der Waals surface area (Å²) < 4.78 is 1.81. The summed E-state index contributed by atoms with van der Waals surface area (Å²) in [6.07, 6.45) is 3.30. The Morgan fingerprint density at radius 1 is 1.15 bits per heavy atom. The molecule has 0 bridgehead atoms. The second-order valence-corrected chi connectivity index (χ2v) is 7.05. The molecule has 2 aromatic carbocycles. The van der Waals surface area contributed by atoms with Crippen LogP contribution in [0.3, 0.4) is 0 Å². The van der Waals surface area contributed by atoms with Crippen LogP contribution in [0.2, 0.25) is 0 Å². The molecule has 1 aliphatic rings. The van der Waals surface area contributed by atoms with Crippen molar-refractivity contribution in [2.24, 2.45) is 7.05 Å². The summed E-state index contributed by atoms with van der Waals surface area (Å²) in [6.45, 7) is 4.94. The number of anilines is 1. The van der Waals surface area contributed by atoms with Gasteiger partial charge in [-0.05, 0) is 60.7 Å². The van der Waals surface area contributed by atoms with E-state index in [2.05, 4.69) is 49.3 Å². The smallest absolute Gasteiger partial charge is 0.231 e. The van der Waals surface area contributed by atoms with E-state index in [9.17, 15) is 4.79 Å². The van der Waals surface area contributed by atoms with Crippen LogP contribution in [0, 0.1) is 13.8 Å². The Morgan fingerprint density at radius 2 is 2.00 bits per heavy atom. The Labute approximate surface area is 154 Å². The number of hydrogen-bond acceptors (Lipinski definition) is 2. The van der Waals surface area contributed by atoms with Crippen molar-refractivity contribution in [3.05, 3.63) is 70.9 Å². The van der Waals surface area contributed by atoms with Gasteiger partial charge in [0.1, 0.15) is 0 Å². The van der Waals surface area contributed by atoms with Gasteiger partial charge in [-0.25, -0.2) is 0 Å². The average Bonchev–Trinajstić information content (AvgIpc) is 3.24. The van der Waals surface area contributed by atoms with E-state index in [0.29, 0.717) is 6.42 Å². The molecule has 0 spiro atoms. The summed E-state index contributed by atoms with van der Waals surface area (Å²) in [6, 6.07) is 14.5. The molecule has 4 rings (SSSR count). The van der Waals surface area contributed by atoms with E-state index in [1.54, 1.807) is 0 Å². The van der Waals surface area contributed by atoms with Crippen molar-refractivity contribution >= 4 is 11.6 Å². The van der Waals surface area contributed by atoms with Gasteiger partial charge in [0.2, 0.25) is 5.91 Å². The molecule has 0 N–H and O–H groups in total. The highest BCUT2D eigenvalue weighted by Crippen LogP contribution is 2.32. The lowest BCUT2D eigenvalue weighted by Gasteiger charge is -2.18. The van der Waals surface area contributed by atoms with Crippen molar-refractivity contribution in [3.8, 4) is 11.3 Å². The van der Waals surface area contributed by atoms with Gasteiger partial charge in [0.25, 0.3) is 0 Å². The first-order valence-corrected chi connectivity index (χ1v) is 9.01. The topological polar surface area (TPSA) is 38.1 Å². The van der Waals surface area contributed by atoms with E-state index in [4.69, 9.17) is 0 Å². The molecule has 0 unspecified atom stereocenters. The molecule has 0 saturated carbocycles. The van der Waals surface area contributed by atoms with E-state index >= 15 is 0 Å². The van der Waals surface area contributed by atoms with Crippen LogP contribution in [0.1, 0.15) is 22.3 Å². The number of carbonyl (C=O) groups excluding carboxylic acids is 1. The Kier molecular flexibility index (Phi) is 4.11. The van der Waals surface area contributed by atoms with Crippen LogP contribution in [0.5, 0.6) is 0 Å². The molecule has 1 aromatic heterocycles. The number of rotatable bonds is 3. The summed E-state index contributed by atoms with van der Waals surface area (Å²) in [4.78, 5) is 14.8.